The topological polar surface area (TPSA) is 70.7 Å². The number of nitrogens with one attached hydrogen (secondary N) is 2. The average molecular weight is 540 g/mol. The van der Waals surface area contributed by atoms with Gasteiger partial charge in [0.2, 0.25) is 0 Å². The first-order chi connectivity index (χ1) is 16.2. The molecule has 0 aliphatic carbocycles. The van der Waals surface area contributed by atoms with Gasteiger partial charge in [-0.1, -0.05) is 48.0 Å². The molecule has 3 rings (SSSR count). The highest BCUT2D eigenvalue weighted by molar-refractivity contribution is 9.10. The van der Waals surface area contributed by atoms with Crippen LogP contribution in [0.1, 0.15) is 34.6 Å². The standard InChI is InChI=1S/C26H26BrN3O3S/c1-17(2)16-33-23-14-11-19(27)15-22(23)24(31)29-26(34)28-20-12-9-18(10-13-20)25(32)30(3)21-7-5-4-6-8-21/h4-15,17H,16H2,1-3H3,(H2,28,29,31,34). The Bertz CT molecular complexity index is 1170. The van der Waals surface area contributed by atoms with Gasteiger partial charge in [0, 0.05) is 28.5 Å². The maximum absolute atomic E-state index is 12.8. The molecule has 2 N–H and O–H groups in total. The fourth-order valence-corrected chi connectivity index (χ4v) is 3.63. The maximum atomic E-state index is 12.8. The number of anilines is 2. The van der Waals surface area contributed by atoms with Crippen molar-refractivity contribution in [2.45, 2.75) is 13.8 Å². The molecule has 0 heterocycles. The molecule has 6 nitrogen and oxygen atoms in total. The van der Waals surface area contributed by atoms with Crippen LogP contribution in [0, 0.1) is 5.92 Å². The highest BCUT2D eigenvalue weighted by Gasteiger charge is 2.16. The summed E-state index contributed by atoms with van der Waals surface area (Å²) in [6.07, 6.45) is 0. The molecule has 0 spiro atoms. The number of thiocarbonyl (C=S) groups is 1. The Hall–Kier alpha value is -3.23. The van der Waals surface area contributed by atoms with Gasteiger partial charge in [-0.2, -0.15) is 0 Å². The molecule has 2 amide bonds. The van der Waals surface area contributed by atoms with Crippen molar-refractivity contribution in [1.29, 1.82) is 0 Å². The lowest BCUT2D eigenvalue weighted by atomic mass is 10.1. The van der Waals surface area contributed by atoms with Gasteiger partial charge in [-0.05, 0) is 72.7 Å². The maximum Gasteiger partial charge on any atom is 0.261 e. The van der Waals surface area contributed by atoms with Crippen LogP contribution in [-0.4, -0.2) is 30.6 Å². The summed E-state index contributed by atoms with van der Waals surface area (Å²) in [6.45, 7) is 4.57. The van der Waals surface area contributed by atoms with Crippen LogP contribution in [0.15, 0.2) is 77.3 Å². The van der Waals surface area contributed by atoms with E-state index in [-0.39, 0.29) is 16.9 Å². The summed E-state index contributed by atoms with van der Waals surface area (Å²) in [5, 5.41) is 5.80. The summed E-state index contributed by atoms with van der Waals surface area (Å²) in [5.74, 6) is 0.304. The second kappa shape index (κ2) is 11.8. The van der Waals surface area contributed by atoms with Gasteiger partial charge < -0.3 is 15.0 Å². The van der Waals surface area contributed by atoms with Crippen LogP contribution < -0.4 is 20.3 Å². The van der Waals surface area contributed by atoms with Crippen LogP contribution in [0.4, 0.5) is 11.4 Å². The third-order valence-electron chi connectivity index (χ3n) is 4.82. The minimum Gasteiger partial charge on any atom is -0.492 e. The van der Waals surface area contributed by atoms with E-state index in [0.717, 1.165) is 10.2 Å². The lowest BCUT2D eigenvalue weighted by Crippen LogP contribution is -2.34. The molecule has 0 atom stereocenters. The predicted molar refractivity (Wildman–Crippen MR) is 144 cm³/mol. The van der Waals surface area contributed by atoms with Crippen LogP contribution in [0.3, 0.4) is 0 Å². The minimum atomic E-state index is -0.381. The van der Waals surface area contributed by atoms with Gasteiger partial charge in [0.15, 0.2) is 5.11 Å². The smallest absolute Gasteiger partial charge is 0.261 e. The molecule has 0 unspecified atom stereocenters. The fourth-order valence-electron chi connectivity index (χ4n) is 3.05. The molecule has 0 bridgehead atoms. The van der Waals surface area contributed by atoms with Gasteiger partial charge in [0.05, 0.1) is 12.2 Å². The van der Waals surface area contributed by atoms with Crippen LogP contribution in [-0.2, 0) is 0 Å². The van der Waals surface area contributed by atoms with Crippen molar-refractivity contribution in [2.75, 3.05) is 23.9 Å². The monoisotopic (exact) mass is 539 g/mol. The van der Waals surface area contributed by atoms with E-state index in [1.54, 1.807) is 48.3 Å². The van der Waals surface area contributed by atoms with E-state index in [0.29, 0.717) is 35.1 Å². The predicted octanol–water partition coefficient (Wildman–Crippen LogP) is 5.89. The van der Waals surface area contributed by atoms with Crippen molar-refractivity contribution >= 4 is 56.4 Å². The van der Waals surface area contributed by atoms with Crippen LogP contribution in [0.25, 0.3) is 0 Å². The Balaban J connectivity index is 1.63. The van der Waals surface area contributed by atoms with Crippen LogP contribution in [0.2, 0.25) is 0 Å². The summed E-state index contributed by atoms with van der Waals surface area (Å²) in [4.78, 5) is 27.2. The fraction of sp³-hybridized carbons (Fsp3) is 0.192. The number of rotatable bonds is 7. The van der Waals surface area contributed by atoms with Gasteiger partial charge in [-0.3, -0.25) is 14.9 Å². The number of para-hydroxylation sites is 1. The van der Waals surface area contributed by atoms with E-state index in [1.165, 1.54) is 0 Å². The molecule has 0 aliphatic heterocycles. The van der Waals surface area contributed by atoms with E-state index < -0.39 is 0 Å². The van der Waals surface area contributed by atoms with Crippen molar-refractivity contribution < 1.29 is 14.3 Å². The zero-order valence-corrected chi connectivity index (χ0v) is 21.6. The third kappa shape index (κ3) is 6.88. The zero-order chi connectivity index (χ0) is 24.7. The van der Waals surface area contributed by atoms with Crippen molar-refractivity contribution in [2.24, 2.45) is 5.92 Å². The van der Waals surface area contributed by atoms with Crippen molar-refractivity contribution in [3.05, 3.63) is 88.4 Å². The molecule has 0 aliphatic rings. The van der Waals surface area contributed by atoms with E-state index in [2.05, 4.69) is 26.6 Å². The second-order valence-corrected chi connectivity index (χ2v) is 9.35. The van der Waals surface area contributed by atoms with E-state index in [1.807, 2.05) is 50.2 Å². The molecule has 0 radical (unpaired) electrons. The molecular weight excluding hydrogens is 514 g/mol. The van der Waals surface area contributed by atoms with Gasteiger partial charge in [0.25, 0.3) is 11.8 Å². The molecule has 0 aromatic heterocycles. The lowest BCUT2D eigenvalue weighted by molar-refractivity contribution is 0.0970. The van der Waals surface area contributed by atoms with Gasteiger partial charge in [-0.25, -0.2) is 0 Å². The number of halogens is 1. The lowest BCUT2D eigenvalue weighted by Gasteiger charge is -2.17. The number of carbonyl (C=O) groups excluding carboxylic acids is 2. The number of hydrogen-bond acceptors (Lipinski definition) is 4. The number of amides is 2. The Morgan fingerprint density at radius 2 is 1.71 bits per heavy atom. The van der Waals surface area contributed by atoms with Crippen LogP contribution in [0.5, 0.6) is 5.75 Å². The SMILES string of the molecule is CC(C)COc1ccc(Br)cc1C(=O)NC(=S)Nc1ccc(C(=O)N(C)c2ccccc2)cc1. The first kappa shape index (κ1) is 25.4. The zero-order valence-electron chi connectivity index (χ0n) is 19.2. The first-order valence-electron chi connectivity index (χ1n) is 10.7. The Kier molecular flexibility index (Phi) is 8.79. The number of carbonyl (C=O) groups is 2. The molecule has 8 heteroatoms. The highest BCUT2D eigenvalue weighted by Crippen LogP contribution is 2.24. The molecule has 3 aromatic rings. The second-order valence-electron chi connectivity index (χ2n) is 8.03. The summed E-state index contributed by atoms with van der Waals surface area (Å²) >= 11 is 8.71. The number of hydrogen-bond donors (Lipinski definition) is 2. The highest BCUT2D eigenvalue weighted by atomic mass is 79.9. The molecule has 0 saturated heterocycles. The summed E-state index contributed by atoms with van der Waals surface area (Å²) in [7, 11) is 1.73. The quantitative estimate of drug-likeness (QED) is 0.366. The molecule has 0 fully saturated rings. The molecule has 3 aromatic carbocycles. The van der Waals surface area contributed by atoms with Gasteiger partial charge >= 0.3 is 0 Å². The number of benzene rings is 3. The van der Waals surface area contributed by atoms with Crippen molar-refractivity contribution in [3.63, 3.8) is 0 Å². The number of nitrogens with zero attached hydrogens (tertiary/aromatic N) is 1. The summed E-state index contributed by atoms with van der Waals surface area (Å²) < 4.78 is 6.54. The Labute approximate surface area is 213 Å². The molecule has 176 valence electrons. The van der Waals surface area contributed by atoms with Crippen molar-refractivity contribution in [3.8, 4) is 5.75 Å². The number of ether oxygens (including phenoxy) is 1. The van der Waals surface area contributed by atoms with Crippen LogP contribution >= 0.6 is 28.1 Å². The Morgan fingerprint density at radius 3 is 2.35 bits per heavy atom. The van der Waals surface area contributed by atoms with E-state index >= 15 is 0 Å². The normalized spacial score (nSPS) is 10.5. The molecular formula is C26H26BrN3O3S. The minimum absolute atomic E-state index is 0.128. The molecule has 0 saturated carbocycles. The largest absolute Gasteiger partial charge is 0.492 e. The molecule has 34 heavy (non-hydrogen) atoms. The van der Waals surface area contributed by atoms with Gasteiger partial charge in [0.1, 0.15) is 5.75 Å². The van der Waals surface area contributed by atoms with Gasteiger partial charge in [-0.15, -0.1) is 0 Å². The summed E-state index contributed by atoms with van der Waals surface area (Å²) in [5.41, 5.74) is 2.37. The van der Waals surface area contributed by atoms with E-state index in [9.17, 15) is 9.59 Å². The third-order valence-corrected chi connectivity index (χ3v) is 5.52. The van der Waals surface area contributed by atoms with E-state index in [4.69, 9.17) is 17.0 Å². The first-order valence-corrected chi connectivity index (χ1v) is 11.9. The summed E-state index contributed by atoms with van der Waals surface area (Å²) in [6, 6.07) is 21.6. The average Bonchev–Trinajstić information content (AvgIpc) is 2.83. The van der Waals surface area contributed by atoms with Crippen molar-refractivity contribution in [1.82, 2.24) is 5.32 Å². The Morgan fingerprint density at radius 1 is 1.03 bits per heavy atom.